The summed E-state index contributed by atoms with van der Waals surface area (Å²) in [7, 11) is 0. The van der Waals surface area contributed by atoms with E-state index in [2.05, 4.69) is 10.2 Å². The van der Waals surface area contributed by atoms with Gasteiger partial charge in [0, 0.05) is 31.9 Å². The fraction of sp³-hybridized carbons (Fsp3) is 0.632. The Balaban J connectivity index is 1.66. The predicted molar refractivity (Wildman–Crippen MR) is 96.7 cm³/mol. The lowest BCUT2D eigenvalue weighted by Crippen LogP contribution is -2.52. The number of alkyl halides is 3. The van der Waals surface area contributed by atoms with Gasteiger partial charge in [0.1, 0.15) is 0 Å². The molecule has 1 atom stereocenters. The number of para-hydroxylation sites is 1. The molecule has 0 aromatic heterocycles. The van der Waals surface area contributed by atoms with Gasteiger partial charge in [-0.1, -0.05) is 18.2 Å². The van der Waals surface area contributed by atoms with Gasteiger partial charge in [0.15, 0.2) is 0 Å². The topological polar surface area (TPSA) is 44.8 Å². The monoisotopic (exact) mass is 385 g/mol. The average Bonchev–Trinajstić information content (AvgIpc) is 2.96. The van der Waals surface area contributed by atoms with Crippen molar-refractivity contribution in [1.82, 2.24) is 10.2 Å². The minimum Gasteiger partial charge on any atom is -0.378 e. The van der Waals surface area contributed by atoms with Crippen molar-refractivity contribution in [3.05, 3.63) is 29.8 Å². The Kier molecular flexibility index (Phi) is 5.55. The molecule has 2 saturated heterocycles. The van der Waals surface area contributed by atoms with E-state index >= 15 is 0 Å². The van der Waals surface area contributed by atoms with Crippen molar-refractivity contribution in [3.8, 4) is 0 Å². The van der Waals surface area contributed by atoms with Gasteiger partial charge in [0.05, 0.1) is 24.7 Å². The number of carbonyl (C=O) groups excluding carboxylic acids is 1. The largest absolute Gasteiger partial charge is 0.394 e. The third-order valence-corrected chi connectivity index (χ3v) is 5.60. The van der Waals surface area contributed by atoms with Crippen LogP contribution in [0.5, 0.6) is 0 Å². The highest BCUT2D eigenvalue weighted by molar-refractivity contribution is 5.76. The fourth-order valence-corrected chi connectivity index (χ4v) is 4.05. The summed E-state index contributed by atoms with van der Waals surface area (Å²) in [5.41, 5.74) is 0.707. The number of amides is 2. The zero-order valence-corrected chi connectivity index (χ0v) is 15.7. The maximum atomic E-state index is 13.2. The minimum atomic E-state index is -4.30. The number of rotatable bonds is 3. The van der Waals surface area contributed by atoms with Crippen molar-refractivity contribution in [3.63, 3.8) is 0 Å². The first-order chi connectivity index (χ1) is 12.7. The van der Waals surface area contributed by atoms with Crippen LogP contribution in [0.25, 0.3) is 0 Å². The van der Waals surface area contributed by atoms with Crippen LogP contribution in [0.1, 0.15) is 25.8 Å². The number of anilines is 1. The number of benzene rings is 1. The zero-order chi connectivity index (χ0) is 19.7. The van der Waals surface area contributed by atoms with E-state index in [-0.39, 0.29) is 19.5 Å². The highest BCUT2D eigenvalue weighted by atomic mass is 19.4. The number of likely N-dealkylation sites (tertiary alicyclic amines) is 1. The molecule has 1 N–H and O–H groups in total. The second-order valence-corrected chi connectivity index (χ2v) is 7.58. The zero-order valence-electron chi connectivity index (χ0n) is 15.7. The number of halogens is 3. The summed E-state index contributed by atoms with van der Waals surface area (Å²) in [6.07, 6.45) is -4.37. The molecule has 150 valence electrons. The summed E-state index contributed by atoms with van der Waals surface area (Å²) in [6.45, 7) is 6.21. The summed E-state index contributed by atoms with van der Waals surface area (Å²) >= 11 is 0. The predicted octanol–water partition coefficient (Wildman–Crippen LogP) is 3.40. The molecule has 2 amide bonds. The summed E-state index contributed by atoms with van der Waals surface area (Å²) < 4.78 is 45.1. The molecule has 0 radical (unpaired) electrons. The van der Waals surface area contributed by atoms with Crippen molar-refractivity contribution < 1.29 is 22.7 Å². The van der Waals surface area contributed by atoms with Crippen LogP contribution in [0.2, 0.25) is 0 Å². The Hall–Kier alpha value is -1.96. The van der Waals surface area contributed by atoms with E-state index < -0.39 is 23.7 Å². The van der Waals surface area contributed by atoms with Gasteiger partial charge in [0.2, 0.25) is 0 Å². The number of hydrogen-bond donors (Lipinski definition) is 1. The standard InChI is InChI=1S/C19H26F3N3O2/c1-18(2)16(19(20,21)22)7-8-25(18)17(26)23-13-14-5-3-4-6-15(14)24-9-11-27-12-10-24/h3-6,16H,7-13H2,1-2H3,(H,23,26)/t16-/m1/s1. The van der Waals surface area contributed by atoms with Crippen LogP contribution < -0.4 is 10.2 Å². The van der Waals surface area contributed by atoms with Gasteiger partial charge in [-0.2, -0.15) is 13.2 Å². The van der Waals surface area contributed by atoms with E-state index in [0.717, 1.165) is 24.3 Å². The highest BCUT2D eigenvalue weighted by Crippen LogP contribution is 2.44. The van der Waals surface area contributed by atoms with Crippen molar-refractivity contribution >= 4 is 11.7 Å². The quantitative estimate of drug-likeness (QED) is 0.868. The third kappa shape index (κ3) is 4.15. The van der Waals surface area contributed by atoms with Gasteiger partial charge < -0.3 is 19.9 Å². The highest BCUT2D eigenvalue weighted by Gasteiger charge is 2.56. The van der Waals surface area contributed by atoms with Gasteiger partial charge >= 0.3 is 12.2 Å². The molecule has 5 nitrogen and oxygen atoms in total. The lowest BCUT2D eigenvalue weighted by Gasteiger charge is -2.36. The molecular formula is C19H26F3N3O2. The first-order valence-electron chi connectivity index (χ1n) is 9.24. The molecule has 0 aliphatic carbocycles. The Morgan fingerprint density at radius 3 is 2.52 bits per heavy atom. The molecule has 1 aromatic rings. The summed E-state index contributed by atoms with van der Waals surface area (Å²) in [5.74, 6) is -1.50. The van der Waals surface area contributed by atoms with E-state index in [4.69, 9.17) is 4.74 Å². The van der Waals surface area contributed by atoms with Crippen LogP contribution in [0.4, 0.5) is 23.7 Å². The third-order valence-electron chi connectivity index (χ3n) is 5.60. The number of ether oxygens (including phenoxy) is 1. The maximum Gasteiger partial charge on any atom is 0.394 e. The Bertz CT molecular complexity index is 672. The van der Waals surface area contributed by atoms with E-state index in [1.807, 2.05) is 24.3 Å². The molecule has 2 aliphatic rings. The molecule has 2 aliphatic heterocycles. The normalized spacial score (nSPS) is 22.8. The first kappa shape index (κ1) is 19.8. The molecule has 8 heteroatoms. The number of urea groups is 1. The summed E-state index contributed by atoms with van der Waals surface area (Å²) in [5, 5.41) is 2.81. The smallest absolute Gasteiger partial charge is 0.378 e. The molecule has 27 heavy (non-hydrogen) atoms. The average molecular weight is 385 g/mol. The lowest BCUT2D eigenvalue weighted by molar-refractivity contribution is -0.189. The second kappa shape index (κ2) is 7.58. The number of nitrogens with one attached hydrogen (secondary N) is 1. The van der Waals surface area contributed by atoms with E-state index in [1.165, 1.54) is 18.7 Å². The first-order valence-corrected chi connectivity index (χ1v) is 9.24. The van der Waals surface area contributed by atoms with E-state index in [1.54, 1.807) is 0 Å². The minimum absolute atomic E-state index is 0.0612. The van der Waals surface area contributed by atoms with E-state index in [9.17, 15) is 18.0 Å². The molecule has 2 fully saturated rings. The number of nitrogens with zero attached hydrogens (tertiary/aromatic N) is 2. The van der Waals surface area contributed by atoms with Crippen LogP contribution in [0.15, 0.2) is 24.3 Å². The fourth-order valence-electron chi connectivity index (χ4n) is 4.05. The number of morpholine rings is 1. The van der Waals surface area contributed by atoms with Crippen molar-refractivity contribution in [2.45, 2.75) is 38.5 Å². The van der Waals surface area contributed by atoms with Gasteiger partial charge in [-0.25, -0.2) is 4.79 Å². The van der Waals surface area contributed by atoms with Crippen LogP contribution in [-0.2, 0) is 11.3 Å². The molecule has 3 rings (SSSR count). The Morgan fingerprint density at radius 2 is 1.89 bits per heavy atom. The van der Waals surface area contributed by atoms with Gasteiger partial charge in [0.25, 0.3) is 0 Å². The molecule has 0 saturated carbocycles. The van der Waals surface area contributed by atoms with E-state index in [0.29, 0.717) is 13.2 Å². The molecule has 1 aromatic carbocycles. The summed E-state index contributed by atoms with van der Waals surface area (Å²) in [4.78, 5) is 16.1. The van der Waals surface area contributed by atoms with Crippen molar-refractivity contribution in [2.24, 2.45) is 5.92 Å². The molecule has 0 bridgehead atoms. The van der Waals surface area contributed by atoms with Crippen LogP contribution >= 0.6 is 0 Å². The van der Waals surface area contributed by atoms with Gasteiger partial charge in [-0.3, -0.25) is 0 Å². The van der Waals surface area contributed by atoms with Crippen molar-refractivity contribution in [2.75, 3.05) is 37.7 Å². The summed E-state index contributed by atoms with van der Waals surface area (Å²) in [6, 6.07) is 7.30. The molecular weight excluding hydrogens is 359 g/mol. The Labute approximate surface area is 157 Å². The van der Waals surface area contributed by atoms with Gasteiger partial charge in [-0.15, -0.1) is 0 Å². The second-order valence-electron chi connectivity index (χ2n) is 7.58. The lowest BCUT2D eigenvalue weighted by atomic mass is 9.88. The molecule has 0 unspecified atom stereocenters. The number of carbonyl (C=O) groups is 1. The van der Waals surface area contributed by atoms with Gasteiger partial charge in [-0.05, 0) is 31.9 Å². The SMILES string of the molecule is CC1(C)[C@H](C(F)(F)F)CCN1C(=O)NCc1ccccc1N1CCOCC1. The molecule has 2 heterocycles. The molecule has 0 spiro atoms. The van der Waals surface area contributed by atoms with Crippen LogP contribution in [0.3, 0.4) is 0 Å². The van der Waals surface area contributed by atoms with Crippen LogP contribution in [-0.4, -0.2) is 55.5 Å². The Morgan fingerprint density at radius 1 is 1.22 bits per heavy atom. The number of hydrogen-bond acceptors (Lipinski definition) is 3. The maximum absolute atomic E-state index is 13.2. The van der Waals surface area contributed by atoms with Crippen LogP contribution in [0, 0.1) is 5.92 Å². The van der Waals surface area contributed by atoms with Crippen molar-refractivity contribution in [1.29, 1.82) is 0 Å².